The molecule has 158 valence electrons. The minimum atomic E-state index is 0.397. The van der Waals surface area contributed by atoms with Crippen molar-refractivity contribution < 1.29 is 0 Å². The molecule has 0 N–H and O–H groups in total. The summed E-state index contributed by atoms with van der Waals surface area (Å²) in [6.45, 7) is 4.52. The van der Waals surface area contributed by atoms with Gasteiger partial charge in [0.1, 0.15) is 0 Å². The maximum atomic E-state index is 6.91. The van der Waals surface area contributed by atoms with Crippen LogP contribution in [0.15, 0.2) is 24.3 Å². The molecule has 1 aromatic carbocycles. The van der Waals surface area contributed by atoms with E-state index in [1.165, 1.54) is 81.8 Å². The maximum Gasteiger partial charge on any atom is 0.0449 e. The Morgan fingerprint density at radius 3 is 2.24 bits per heavy atom. The Bertz CT molecular complexity index is 710. The van der Waals surface area contributed by atoms with E-state index >= 15 is 0 Å². The predicted molar refractivity (Wildman–Crippen MR) is 124 cm³/mol. The fourth-order valence-corrected chi connectivity index (χ4v) is 8.20. The molecule has 1 aromatic rings. The second kappa shape index (κ2) is 8.39. The summed E-state index contributed by atoms with van der Waals surface area (Å²) in [5, 5.41) is 1.02. The summed E-state index contributed by atoms with van der Waals surface area (Å²) in [7, 11) is 0. The van der Waals surface area contributed by atoms with Crippen LogP contribution in [-0.2, 0) is 5.41 Å². The largest absolute Gasteiger partial charge is 0.297 e. The lowest BCUT2D eigenvalue weighted by Crippen LogP contribution is -2.48. The topological polar surface area (TPSA) is 3.24 Å². The van der Waals surface area contributed by atoms with E-state index in [0.717, 1.165) is 41.9 Å². The van der Waals surface area contributed by atoms with Gasteiger partial charge in [-0.2, -0.15) is 0 Å². The highest BCUT2D eigenvalue weighted by Crippen LogP contribution is 2.61. The van der Waals surface area contributed by atoms with Crippen molar-refractivity contribution in [1.29, 1.82) is 0 Å². The molecular weight excluding hydrogens is 374 g/mol. The molecule has 2 heteroatoms. The smallest absolute Gasteiger partial charge is 0.0449 e. The van der Waals surface area contributed by atoms with Gasteiger partial charge in [0, 0.05) is 17.6 Å². The van der Waals surface area contributed by atoms with Crippen LogP contribution in [0.4, 0.5) is 0 Å². The van der Waals surface area contributed by atoms with Crippen LogP contribution in [0.25, 0.3) is 6.08 Å². The second-order valence-electron chi connectivity index (χ2n) is 10.7. The van der Waals surface area contributed by atoms with Crippen LogP contribution in [0.5, 0.6) is 0 Å². The van der Waals surface area contributed by atoms with Crippen molar-refractivity contribution in [3.05, 3.63) is 40.4 Å². The van der Waals surface area contributed by atoms with Gasteiger partial charge in [-0.1, -0.05) is 62.1 Å². The second-order valence-corrected chi connectivity index (χ2v) is 11.1. The molecular formula is C27H38ClN. The normalized spacial score (nSPS) is 34.5. The Balaban J connectivity index is 1.27. The molecule has 5 saturated carbocycles. The predicted octanol–water partition coefficient (Wildman–Crippen LogP) is 7.48. The lowest BCUT2D eigenvalue weighted by Gasteiger charge is -2.57. The lowest BCUT2D eigenvalue weighted by atomic mass is 9.48. The first-order valence-electron chi connectivity index (χ1n) is 12.4. The minimum Gasteiger partial charge on any atom is -0.297 e. The van der Waals surface area contributed by atoms with Gasteiger partial charge in [0.05, 0.1) is 0 Å². The fourth-order valence-electron chi connectivity index (χ4n) is 7.81. The van der Waals surface area contributed by atoms with Crippen molar-refractivity contribution >= 4 is 17.7 Å². The van der Waals surface area contributed by atoms with Gasteiger partial charge in [-0.05, 0) is 98.3 Å². The van der Waals surface area contributed by atoms with Crippen LogP contribution in [0.1, 0.15) is 88.7 Å². The fraction of sp³-hybridized carbons (Fsp3) is 0.704. The summed E-state index contributed by atoms with van der Waals surface area (Å²) in [6.07, 6.45) is 20.3. The van der Waals surface area contributed by atoms with Crippen LogP contribution >= 0.6 is 11.6 Å². The minimum absolute atomic E-state index is 0.397. The molecule has 5 fully saturated rings. The van der Waals surface area contributed by atoms with E-state index in [0.29, 0.717) is 5.41 Å². The van der Waals surface area contributed by atoms with Crippen LogP contribution in [0.2, 0.25) is 5.02 Å². The monoisotopic (exact) mass is 411 g/mol. The summed E-state index contributed by atoms with van der Waals surface area (Å²) >= 11 is 6.91. The molecule has 0 radical (unpaired) electrons. The Labute approximate surface area is 182 Å². The quantitative estimate of drug-likeness (QED) is 0.469. The Kier molecular flexibility index (Phi) is 5.82. The molecule has 0 aromatic heterocycles. The number of hydrogen-bond donors (Lipinski definition) is 0. The number of likely N-dealkylation sites (N-methyl/N-ethyl adjacent to an activating group) is 1. The summed E-state index contributed by atoms with van der Waals surface area (Å²) < 4.78 is 0. The van der Waals surface area contributed by atoms with Crippen LogP contribution in [-0.4, -0.2) is 24.0 Å². The molecule has 29 heavy (non-hydrogen) atoms. The van der Waals surface area contributed by atoms with Gasteiger partial charge in [0.2, 0.25) is 0 Å². The molecule has 4 bridgehead atoms. The summed E-state index contributed by atoms with van der Waals surface area (Å²) in [6, 6.07) is 7.74. The number of benzene rings is 1. The third-order valence-electron chi connectivity index (χ3n) is 8.75. The zero-order valence-electron chi connectivity index (χ0n) is 18.2. The average molecular weight is 412 g/mol. The Hall–Kier alpha value is -0.790. The molecule has 0 unspecified atom stereocenters. The van der Waals surface area contributed by atoms with Gasteiger partial charge in [0.25, 0.3) is 0 Å². The number of hydrogen-bond acceptors (Lipinski definition) is 1. The van der Waals surface area contributed by atoms with Gasteiger partial charge >= 0.3 is 0 Å². The van der Waals surface area contributed by atoms with Crippen molar-refractivity contribution in [2.45, 2.75) is 89.0 Å². The zero-order chi connectivity index (χ0) is 19.8. The highest BCUT2D eigenvalue weighted by molar-refractivity contribution is 6.31. The molecule has 0 heterocycles. The molecule has 6 rings (SSSR count). The van der Waals surface area contributed by atoms with Crippen molar-refractivity contribution in [2.75, 3.05) is 13.1 Å². The van der Waals surface area contributed by atoms with Gasteiger partial charge in [-0.3, -0.25) is 4.90 Å². The van der Waals surface area contributed by atoms with E-state index < -0.39 is 0 Å². The third kappa shape index (κ3) is 4.07. The molecule has 0 aliphatic heterocycles. The third-order valence-corrected chi connectivity index (χ3v) is 9.06. The van der Waals surface area contributed by atoms with Crippen molar-refractivity contribution in [3.63, 3.8) is 0 Å². The molecule has 5 aliphatic rings. The number of halogens is 1. The van der Waals surface area contributed by atoms with Crippen molar-refractivity contribution in [1.82, 2.24) is 4.90 Å². The SMILES string of the molecule is CCN(C/C=C\c1ccc(C23CC4CC(CC(C4)C2)C3)c(Cl)c1)C1CCCCC1. The van der Waals surface area contributed by atoms with Gasteiger partial charge in [0.15, 0.2) is 0 Å². The maximum absolute atomic E-state index is 6.91. The Morgan fingerprint density at radius 2 is 1.66 bits per heavy atom. The zero-order valence-corrected chi connectivity index (χ0v) is 19.0. The summed E-state index contributed by atoms with van der Waals surface area (Å²) in [5.41, 5.74) is 3.13. The highest BCUT2D eigenvalue weighted by Gasteiger charge is 2.52. The van der Waals surface area contributed by atoms with Crippen molar-refractivity contribution in [2.24, 2.45) is 17.8 Å². The highest BCUT2D eigenvalue weighted by atomic mass is 35.5. The van der Waals surface area contributed by atoms with E-state index in [2.05, 4.69) is 42.2 Å². The molecule has 0 spiro atoms. The molecule has 5 aliphatic carbocycles. The number of nitrogens with zero attached hydrogens (tertiary/aromatic N) is 1. The first-order valence-corrected chi connectivity index (χ1v) is 12.7. The van der Waals surface area contributed by atoms with E-state index in [-0.39, 0.29) is 0 Å². The summed E-state index contributed by atoms with van der Waals surface area (Å²) in [4.78, 5) is 2.65. The average Bonchev–Trinajstić information content (AvgIpc) is 2.71. The van der Waals surface area contributed by atoms with E-state index in [1.807, 2.05) is 0 Å². The van der Waals surface area contributed by atoms with Gasteiger partial charge < -0.3 is 0 Å². The standard InChI is InChI=1S/C27H38ClN/c1-2-29(24-8-4-3-5-9-24)12-6-7-20-10-11-25(26(28)16-20)27-17-21-13-22(18-27)15-23(14-21)19-27/h6-7,10-11,16,21-24H,2-5,8-9,12-15,17-19H2,1H3/b7-6-. The van der Waals surface area contributed by atoms with Gasteiger partial charge in [-0.15, -0.1) is 0 Å². The van der Waals surface area contributed by atoms with E-state index in [1.54, 1.807) is 0 Å². The van der Waals surface area contributed by atoms with Crippen LogP contribution in [0.3, 0.4) is 0 Å². The van der Waals surface area contributed by atoms with E-state index in [4.69, 9.17) is 11.6 Å². The number of rotatable bonds is 6. The molecule has 0 saturated heterocycles. The first kappa shape index (κ1) is 20.1. The molecule has 0 atom stereocenters. The van der Waals surface area contributed by atoms with Crippen LogP contribution < -0.4 is 0 Å². The molecule has 0 amide bonds. The van der Waals surface area contributed by atoms with Crippen LogP contribution in [0, 0.1) is 17.8 Å². The van der Waals surface area contributed by atoms with E-state index in [9.17, 15) is 0 Å². The van der Waals surface area contributed by atoms with Gasteiger partial charge in [-0.25, -0.2) is 0 Å². The van der Waals surface area contributed by atoms with Crippen molar-refractivity contribution in [3.8, 4) is 0 Å². The molecule has 1 nitrogen and oxygen atoms in total. The lowest BCUT2D eigenvalue weighted by molar-refractivity contribution is -0.00513. The Morgan fingerprint density at radius 1 is 1.00 bits per heavy atom. The first-order chi connectivity index (χ1) is 14.1. The summed E-state index contributed by atoms with van der Waals surface area (Å²) in [5.74, 6) is 2.91.